The summed E-state index contributed by atoms with van der Waals surface area (Å²) in [6.07, 6.45) is 8.72. The van der Waals surface area contributed by atoms with Gasteiger partial charge in [-0.3, -0.25) is 0 Å². The summed E-state index contributed by atoms with van der Waals surface area (Å²) < 4.78 is 27.2. The van der Waals surface area contributed by atoms with Crippen LogP contribution in [0.3, 0.4) is 0 Å². The number of hydrogen-bond donors (Lipinski definition) is 1. The minimum Gasteiger partial charge on any atom is -0.354 e. The molecule has 1 fully saturated rings. The average molecular weight is 313 g/mol. The molecule has 120 valence electrons. The average Bonchev–Trinajstić information content (AvgIpc) is 2.88. The maximum absolute atomic E-state index is 11.7. The molecule has 1 saturated heterocycles. The van der Waals surface area contributed by atoms with Crippen LogP contribution in [0.5, 0.6) is 0 Å². The highest BCUT2D eigenvalue weighted by Crippen LogP contribution is 2.22. The molecule has 2 heterocycles. The molecule has 21 heavy (non-hydrogen) atoms. The van der Waals surface area contributed by atoms with E-state index in [9.17, 15) is 8.42 Å². The van der Waals surface area contributed by atoms with Crippen LogP contribution >= 0.6 is 0 Å². The Morgan fingerprint density at radius 1 is 1.48 bits per heavy atom. The second-order valence-electron chi connectivity index (χ2n) is 6.02. The molecule has 0 aromatic carbocycles. The van der Waals surface area contributed by atoms with E-state index in [1.165, 1.54) is 11.8 Å². The standard InChI is InChI=1S/C15H27N3O2S/c1-4-15(16-2)14-7-9-17(12-14)10-13-6-5-8-18(11-13)21(3,19)20/h7,9,12-13,15-16H,4-6,8,10-11H2,1-3H3. The van der Waals surface area contributed by atoms with Crippen molar-refractivity contribution in [3.63, 3.8) is 0 Å². The molecule has 0 amide bonds. The van der Waals surface area contributed by atoms with Crippen molar-refractivity contribution in [2.24, 2.45) is 5.92 Å². The molecule has 0 aliphatic carbocycles. The Morgan fingerprint density at radius 2 is 2.24 bits per heavy atom. The van der Waals surface area contributed by atoms with Gasteiger partial charge in [0.2, 0.25) is 10.0 Å². The van der Waals surface area contributed by atoms with Crippen LogP contribution in [0.1, 0.15) is 37.8 Å². The highest BCUT2D eigenvalue weighted by Gasteiger charge is 2.26. The minimum atomic E-state index is -3.05. The van der Waals surface area contributed by atoms with E-state index in [2.05, 4.69) is 35.3 Å². The minimum absolute atomic E-state index is 0.394. The Bertz CT molecular complexity index is 549. The molecule has 6 heteroatoms. The number of piperidine rings is 1. The third-order valence-corrected chi connectivity index (χ3v) is 5.62. The van der Waals surface area contributed by atoms with Gasteiger partial charge in [0.15, 0.2) is 0 Å². The zero-order valence-corrected chi connectivity index (χ0v) is 14.1. The first-order valence-electron chi connectivity index (χ1n) is 7.72. The second kappa shape index (κ2) is 6.94. The van der Waals surface area contributed by atoms with Crippen LogP contribution in [-0.4, -0.2) is 43.7 Å². The molecule has 1 aromatic rings. The summed E-state index contributed by atoms with van der Waals surface area (Å²) in [7, 11) is -1.07. The lowest BCUT2D eigenvalue weighted by Gasteiger charge is -2.31. The maximum atomic E-state index is 11.7. The number of nitrogens with zero attached hydrogens (tertiary/aromatic N) is 2. The summed E-state index contributed by atoms with van der Waals surface area (Å²) in [5.41, 5.74) is 1.30. The molecule has 2 rings (SSSR count). The third kappa shape index (κ3) is 4.31. The first kappa shape index (κ1) is 16.5. The van der Waals surface area contributed by atoms with Crippen molar-refractivity contribution in [2.45, 2.75) is 38.8 Å². The molecular formula is C15H27N3O2S. The Balaban J connectivity index is 1.98. The van der Waals surface area contributed by atoms with Crippen molar-refractivity contribution >= 4 is 10.0 Å². The fourth-order valence-corrected chi connectivity index (χ4v) is 4.10. The van der Waals surface area contributed by atoms with Crippen LogP contribution in [0.4, 0.5) is 0 Å². The Hall–Kier alpha value is -0.850. The van der Waals surface area contributed by atoms with Crippen LogP contribution in [0.15, 0.2) is 18.5 Å². The Kier molecular flexibility index (Phi) is 5.46. The molecule has 1 aliphatic heterocycles. The van der Waals surface area contributed by atoms with Gasteiger partial charge in [0.1, 0.15) is 0 Å². The van der Waals surface area contributed by atoms with Gasteiger partial charge in [-0.2, -0.15) is 0 Å². The third-order valence-electron chi connectivity index (χ3n) is 4.35. The molecule has 0 spiro atoms. The van der Waals surface area contributed by atoms with Gasteiger partial charge < -0.3 is 9.88 Å². The van der Waals surface area contributed by atoms with E-state index >= 15 is 0 Å². The van der Waals surface area contributed by atoms with E-state index in [-0.39, 0.29) is 0 Å². The lowest BCUT2D eigenvalue weighted by atomic mass is 10.00. The fraction of sp³-hybridized carbons (Fsp3) is 0.733. The molecule has 0 saturated carbocycles. The van der Waals surface area contributed by atoms with Gasteiger partial charge in [0.05, 0.1) is 6.26 Å². The van der Waals surface area contributed by atoms with Crippen LogP contribution in [-0.2, 0) is 16.6 Å². The molecule has 1 N–H and O–H groups in total. The molecule has 5 nitrogen and oxygen atoms in total. The second-order valence-corrected chi connectivity index (χ2v) is 8.00. The van der Waals surface area contributed by atoms with Gasteiger partial charge in [-0.1, -0.05) is 6.92 Å². The molecule has 0 bridgehead atoms. The molecule has 1 aliphatic rings. The Morgan fingerprint density at radius 3 is 2.86 bits per heavy atom. The maximum Gasteiger partial charge on any atom is 0.211 e. The zero-order valence-electron chi connectivity index (χ0n) is 13.2. The highest BCUT2D eigenvalue weighted by molar-refractivity contribution is 7.88. The van der Waals surface area contributed by atoms with Gasteiger partial charge in [-0.05, 0) is 43.9 Å². The molecule has 1 aromatic heterocycles. The van der Waals surface area contributed by atoms with Crippen molar-refractivity contribution in [3.8, 4) is 0 Å². The summed E-state index contributed by atoms with van der Waals surface area (Å²) >= 11 is 0. The summed E-state index contributed by atoms with van der Waals surface area (Å²) in [5.74, 6) is 0.406. The van der Waals surface area contributed by atoms with Gasteiger partial charge >= 0.3 is 0 Å². The topological polar surface area (TPSA) is 54.3 Å². The largest absolute Gasteiger partial charge is 0.354 e. The zero-order chi connectivity index (χ0) is 15.5. The summed E-state index contributed by atoms with van der Waals surface area (Å²) in [5, 5.41) is 3.31. The lowest BCUT2D eigenvalue weighted by Crippen LogP contribution is -2.40. The van der Waals surface area contributed by atoms with Crippen molar-refractivity contribution in [2.75, 3.05) is 26.4 Å². The van der Waals surface area contributed by atoms with Gasteiger partial charge in [-0.15, -0.1) is 0 Å². The first-order valence-corrected chi connectivity index (χ1v) is 9.57. The Labute approximate surface area is 128 Å². The number of hydrogen-bond acceptors (Lipinski definition) is 3. The van der Waals surface area contributed by atoms with Crippen LogP contribution < -0.4 is 5.32 Å². The number of nitrogens with one attached hydrogen (secondary N) is 1. The monoisotopic (exact) mass is 313 g/mol. The van der Waals surface area contributed by atoms with Crippen molar-refractivity contribution in [1.29, 1.82) is 0 Å². The molecule has 2 atom stereocenters. The van der Waals surface area contributed by atoms with Crippen molar-refractivity contribution in [1.82, 2.24) is 14.2 Å². The van der Waals surface area contributed by atoms with E-state index in [0.717, 1.165) is 25.8 Å². The fourth-order valence-electron chi connectivity index (χ4n) is 3.16. The summed E-state index contributed by atoms with van der Waals surface area (Å²) in [6, 6.07) is 2.55. The quantitative estimate of drug-likeness (QED) is 0.872. The van der Waals surface area contributed by atoms with E-state index < -0.39 is 10.0 Å². The number of rotatable bonds is 6. The van der Waals surface area contributed by atoms with E-state index in [0.29, 0.717) is 25.0 Å². The first-order chi connectivity index (χ1) is 9.94. The highest BCUT2D eigenvalue weighted by atomic mass is 32.2. The SMILES string of the molecule is CCC(NC)c1ccn(CC2CCCN(S(C)(=O)=O)C2)c1. The van der Waals surface area contributed by atoms with Crippen molar-refractivity contribution in [3.05, 3.63) is 24.0 Å². The smallest absolute Gasteiger partial charge is 0.211 e. The number of sulfonamides is 1. The predicted octanol–water partition coefficient (Wildman–Crippen LogP) is 1.83. The lowest BCUT2D eigenvalue weighted by molar-refractivity contribution is 0.246. The van der Waals surface area contributed by atoms with Gasteiger partial charge in [-0.25, -0.2) is 12.7 Å². The summed E-state index contributed by atoms with van der Waals surface area (Å²) in [4.78, 5) is 0. The molecule has 0 radical (unpaired) electrons. The number of aromatic nitrogens is 1. The van der Waals surface area contributed by atoms with Gasteiger partial charge in [0, 0.05) is 38.1 Å². The van der Waals surface area contributed by atoms with Crippen LogP contribution in [0.25, 0.3) is 0 Å². The van der Waals surface area contributed by atoms with Crippen LogP contribution in [0.2, 0.25) is 0 Å². The van der Waals surface area contributed by atoms with Gasteiger partial charge in [0.25, 0.3) is 0 Å². The van der Waals surface area contributed by atoms with Crippen molar-refractivity contribution < 1.29 is 8.42 Å². The summed E-state index contributed by atoms with van der Waals surface area (Å²) in [6.45, 7) is 4.38. The normalized spacial score (nSPS) is 22.3. The van der Waals surface area contributed by atoms with Crippen LogP contribution in [0, 0.1) is 5.92 Å². The molecular weight excluding hydrogens is 286 g/mol. The van der Waals surface area contributed by atoms with E-state index in [1.807, 2.05) is 7.05 Å². The van der Waals surface area contributed by atoms with E-state index in [1.54, 1.807) is 4.31 Å². The molecule has 2 unspecified atom stereocenters. The van der Waals surface area contributed by atoms with E-state index in [4.69, 9.17) is 0 Å². The predicted molar refractivity (Wildman–Crippen MR) is 85.7 cm³/mol.